The normalized spacial score (nSPS) is 21.2. The first kappa shape index (κ1) is 22.9. The third kappa shape index (κ3) is 3.88. The van der Waals surface area contributed by atoms with Crippen LogP contribution in [-0.4, -0.2) is 52.7 Å². The summed E-state index contributed by atoms with van der Waals surface area (Å²) in [5.41, 5.74) is 8.83. The summed E-state index contributed by atoms with van der Waals surface area (Å²) in [6.07, 6.45) is 2.07. The highest BCUT2D eigenvalue weighted by Crippen LogP contribution is 2.44. The summed E-state index contributed by atoms with van der Waals surface area (Å²) in [4.78, 5) is 46.7. The number of carbonyl (C=O) groups is 3. The Balaban J connectivity index is 1.74. The van der Waals surface area contributed by atoms with Gasteiger partial charge in [-0.2, -0.15) is 0 Å². The molecule has 4 rings (SSSR count). The molecule has 0 bridgehead atoms. The first-order valence-electron chi connectivity index (χ1n) is 11.1. The van der Waals surface area contributed by atoms with E-state index in [0.29, 0.717) is 31.9 Å². The number of nitrogen functional groups attached to an aromatic ring is 1. The van der Waals surface area contributed by atoms with Crippen LogP contribution in [-0.2, 0) is 26.3 Å². The van der Waals surface area contributed by atoms with Crippen molar-refractivity contribution in [3.05, 3.63) is 47.7 Å². The van der Waals surface area contributed by atoms with Gasteiger partial charge in [0.15, 0.2) is 6.29 Å². The molecular weight excluding hydrogens is 418 g/mol. The van der Waals surface area contributed by atoms with E-state index in [1.54, 1.807) is 18.0 Å². The Morgan fingerprint density at radius 2 is 1.91 bits per heavy atom. The Morgan fingerprint density at radius 1 is 1.18 bits per heavy atom. The van der Waals surface area contributed by atoms with Crippen LogP contribution in [0.3, 0.4) is 0 Å². The van der Waals surface area contributed by atoms with Gasteiger partial charge in [0, 0.05) is 48.5 Å². The number of aldehydes is 1. The zero-order valence-electron chi connectivity index (χ0n) is 19.8. The number of fused-ring (bicyclic) bond motifs is 1. The van der Waals surface area contributed by atoms with Crippen molar-refractivity contribution >= 4 is 35.2 Å². The summed E-state index contributed by atoms with van der Waals surface area (Å²) in [5.74, 6) is -0.0495. The Bertz CT molecular complexity index is 1130. The number of benzene rings is 1. The molecule has 2 aromatic rings. The standard InChI is InChI=1S/C25H31N5O3/c1-16(32)29-14-24(2,3)19-7-6-18(11-20(19)29)30-15-28(12-17-8-9-27-22(26)10-17)25(4,5)23(30)21(33)13-31/h6-11,13,23H,12,14-15H2,1-5H3,(H2,26,27). The highest BCUT2D eigenvalue weighted by molar-refractivity contribution is 6.29. The van der Waals surface area contributed by atoms with Crippen LogP contribution in [0.1, 0.15) is 45.7 Å². The van der Waals surface area contributed by atoms with E-state index >= 15 is 0 Å². The van der Waals surface area contributed by atoms with Crippen LogP contribution < -0.4 is 15.5 Å². The van der Waals surface area contributed by atoms with E-state index in [4.69, 9.17) is 5.73 Å². The third-order valence-electron chi connectivity index (χ3n) is 6.99. The molecule has 1 amide bonds. The van der Waals surface area contributed by atoms with Crippen LogP contribution in [0.5, 0.6) is 0 Å². The van der Waals surface area contributed by atoms with Gasteiger partial charge in [-0.15, -0.1) is 0 Å². The van der Waals surface area contributed by atoms with E-state index in [-0.39, 0.29) is 11.3 Å². The van der Waals surface area contributed by atoms with Crippen molar-refractivity contribution in [2.24, 2.45) is 0 Å². The second-order valence-corrected chi connectivity index (χ2v) is 10.2. The lowest BCUT2D eigenvalue weighted by atomic mass is 9.86. The van der Waals surface area contributed by atoms with Crippen molar-refractivity contribution in [1.29, 1.82) is 0 Å². The first-order valence-corrected chi connectivity index (χ1v) is 11.1. The van der Waals surface area contributed by atoms with Gasteiger partial charge in [0.1, 0.15) is 11.9 Å². The monoisotopic (exact) mass is 449 g/mol. The quantitative estimate of drug-likeness (QED) is 0.553. The molecule has 1 atom stereocenters. The minimum absolute atomic E-state index is 0.0156. The maximum Gasteiger partial charge on any atom is 0.223 e. The summed E-state index contributed by atoms with van der Waals surface area (Å²) in [6, 6.07) is 9.05. The molecule has 0 saturated carbocycles. The second-order valence-electron chi connectivity index (χ2n) is 10.2. The van der Waals surface area contributed by atoms with E-state index in [2.05, 4.69) is 23.7 Å². The number of nitrogens with two attached hydrogens (primary N) is 1. The molecule has 1 aromatic heterocycles. The van der Waals surface area contributed by atoms with Crippen LogP contribution in [0.15, 0.2) is 36.5 Å². The lowest BCUT2D eigenvalue weighted by Gasteiger charge is -2.34. The number of amides is 1. The molecule has 1 unspecified atom stereocenters. The van der Waals surface area contributed by atoms with Crippen molar-refractivity contribution < 1.29 is 14.4 Å². The van der Waals surface area contributed by atoms with Crippen LogP contribution in [0.4, 0.5) is 17.2 Å². The fraction of sp³-hybridized carbons (Fsp3) is 0.440. The molecule has 1 fully saturated rings. The SMILES string of the molecule is CC(=O)N1CC(C)(C)c2ccc(N3CN(Cc4ccnc(N)c4)C(C)(C)C3C(=O)C=O)cc21. The Hall–Kier alpha value is -3.26. The molecule has 2 aliphatic rings. The predicted octanol–water partition coefficient (Wildman–Crippen LogP) is 2.50. The summed E-state index contributed by atoms with van der Waals surface area (Å²) in [6.45, 7) is 11.4. The number of aromatic nitrogens is 1. The van der Waals surface area contributed by atoms with Gasteiger partial charge in [0.05, 0.1) is 6.67 Å². The zero-order valence-corrected chi connectivity index (χ0v) is 19.8. The minimum Gasteiger partial charge on any atom is -0.384 e. The molecule has 33 heavy (non-hydrogen) atoms. The highest BCUT2D eigenvalue weighted by atomic mass is 16.2. The Morgan fingerprint density at radius 3 is 2.55 bits per heavy atom. The molecule has 0 spiro atoms. The number of pyridine rings is 1. The van der Waals surface area contributed by atoms with Gasteiger partial charge in [0.25, 0.3) is 0 Å². The van der Waals surface area contributed by atoms with Crippen LogP contribution >= 0.6 is 0 Å². The lowest BCUT2D eigenvalue weighted by molar-refractivity contribution is -0.131. The number of anilines is 3. The van der Waals surface area contributed by atoms with Gasteiger partial charge in [0.2, 0.25) is 11.7 Å². The van der Waals surface area contributed by atoms with E-state index in [1.165, 1.54) is 0 Å². The van der Waals surface area contributed by atoms with Gasteiger partial charge in [-0.25, -0.2) is 4.98 Å². The molecule has 8 nitrogen and oxygen atoms in total. The molecule has 3 heterocycles. The smallest absolute Gasteiger partial charge is 0.223 e. The number of Topliss-reactive ketones (excluding diaryl/α,β-unsaturated/α-hetero) is 1. The largest absolute Gasteiger partial charge is 0.384 e. The van der Waals surface area contributed by atoms with Crippen LogP contribution in [0.25, 0.3) is 0 Å². The molecule has 0 radical (unpaired) electrons. The predicted molar refractivity (Wildman–Crippen MR) is 128 cm³/mol. The van der Waals surface area contributed by atoms with Crippen molar-refractivity contribution in [3.63, 3.8) is 0 Å². The van der Waals surface area contributed by atoms with Crippen molar-refractivity contribution in [3.8, 4) is 0 Å². The number of nitrogens with zero attached hydrogens (tertiary/aromatic N) is 4. The van der Waals surface area contributed by atoms with Gasteiger partial charge >= 0.3 is 0 Å². The van der Waals surface area contributed by atoms with E-state index in [0.717, 1.165) is 22.5 Å². The van der Waals surface area contributed by atoms with Gasteiger partial charge in [-0.3, -0.25) is 19.3 Å². The van der Waals surface area contributed by atoms with Gasteiger partial charge in [-0.1, -0.05) is 19.9 Å². The van der Waals surface area contributed by atoms with E-state index < -0.39 is 17.4 Å². The lowest BCUT2D eigenvalue weighted by Crippen LogP contribution is -2.51. The fourth-order valence-electron chi connectivity index (χ4n) is 5.21. The molecule has 2 N–H and O–H groups in total. The van der Waals surface area contributed by atoms with E-state index in [9.17, 15) is 14.4 Å². The fourth-order valence-corrected chi connectivity index (χ4v) is 5.21. The number of hydrogen-bond donors (Lipinski definition) is 1. The second kappa shape index (κ2) is 7.95. The summed E-state index contributed by atoms with van der Waals surface area (Å²) < 4.78 is 0. The summed E-state index contributed by atoms with van der Waals surface area (Å²) in [5, 5.41) is 0. The highest BCUT2D eigenvalue weighted by Gasteiger charge is 2.50. The molecule has 0 aliphatic carbocycles. The Labute approximate surface area is 194 Å². The molecule has 8 heteroatoms. The minimum atomic E-state index is -0.660. The number of carbonyl (C=O) groups excluding carboxylic acids is 3. The average Bonchev–Trinajstić information content (AvgIpc) is 3.17. The maximum absolute atomic E-state index is 12.8. The van der Waals surface area contributed by atoms with Crippen LogP contribution in [0.2, 0.25) is 0 Å². The topological polar surface area (TPSA) is 99.8 Å². The van der Waals surface area contributed by atoms with Crippen molar-refractivity contribution in [2.45, 2.75) is 58.2 Å². The van der Waals surface area contributed by atoms with Gasteiger partial charge in [-0.05, 0) is 49.2 Å². The summed E-state index contributed by atoms with van der Waals surface area (Å²) in [7, 11) is 0. The first-order chi connectivity index (χ1) is 15.5. The maximum atomic E-state index is 12.8. The number of rotatable bonds is 5. The van der Waals surface area contributed by atoms with E-state index in [1.807, 2.05) is 49.1 Å². The number of ketones is 1. The average molecular weight is 450 g/mol. The Kier molecular flexibility index (Phi) is 5.52. The molecule has 174 valence electrons. The molecular formula is C25H31N5O3. The summed E-state index contributed by atoms with van der Waals surface area (Å²) >= 11 is 0. The molecule has 2 aliphatic heterocycles. The van der Waals surface area contributed by atoms with Crippen molar-refractivity contribution in [1.82, 2.24) is 9.88 Å². The van der Waals surface area contributed by atoms with Gasteiger partial charge < -0.3 is 15.5 Å². The van der Waals surface area contributed by atoms with Crippen molar-refractivity contribution in [2.75, 3.05) is 28.7 Å². The van der Waals surface area contributed by atoms with Crippen LogP contribution in [0, 0.1) is 0 Å². The molecule has 1 aromatic carbocycles. The zero-order chi connectivity index (χ0) is 24.1. The number of hydrogen-bond acceptors (Lipinski definition) is 7. The molecule has 1 saturated heterocycles. The third-order valence-corrected chi connectivity index (χ3v) is 6.99.